The number of hydrogen-bond donors (Lipinski definition) is 2. The van der Waals surface area contributed by atoms with Crippen molar-refractivity contribution in [1.29, 1.82) is 0 Å². The van der Waals surface area contributed by atoms with E-state index in [0.717, 1.165) is 11.6 Å². The Hall–Kier alpha value is -1.13. The Morgan fingerprint density at radius 1 is 1.50 bits per heavy atom. The Bertz CT molecular complexity index is 396. The van der Waals surface area contributed by atoms with Gasteiger partial charge in [0.15, 0.2) is 11.6 Å². The zero-order valence-electron chi connectivity index (χ0n) is 8.84. The molecule has 0 saturated carbocycles. The first-order valence-corrected chi connectivity index (χ1v) is 4.50. The Balaban J connectivity index is 0.00000225. The van der Waals surface area contributed by atoms with E-state index < -0.39 is 23.4 Å². The maximum absolute atomic E-state index is 13.0. The molecule has 1 aromatic rings. The second-order valence-electron chi connectivity index (χ2n) is 3.57. The lowest BCUT2D eigenvalue weighted by molar-refractivity contribution is 0.397. The van der Waals surface area contributed by atoms with Gasteiger partial charge in [0.1, 0.15) is 0 Å². The zero-order chi connectivity index (χ0) is 11.6. The van der Waals surface area contributed by atoms with Gasteiger partial charge in [-0.3, -0.25) is 0 Å². The van der Waals surface area contributed by atoms with Crippen LogP contribution < -0.4 is 5.73 Å². The van der Waals surface area contributed by atoms with Crippen LogP contribution in [0.25, 0.3) is 0 Å². The molecule has 0 amide bonds. The van der Waals surface area contributed by atoms with Crippen LogP contribution >= 0.6 is 12.4 Å². The summed E-state index contributed by atoms with van der Waals surface area (Å²) in [6.07, 6.45) is 0.415. The quantitative estimate of drug-likeness (QED) is 0.809. The van der Waals surface area contributed by atoms with Crippen molar-refractivity contribution in [1.82, 2.24) is 0 Å². The van der Waals surface area contributed by atoms with Crippen LogP contribution in [0, 0.1) is 11.6 Å². The van der Waals surface area contributed by atoms with Crippen LogP contribution in [0.3, 0.4) is 0 Å². The molecule has 0 saturated heterocycles. The molecule has 0 aliphatic rings. The molecular weight excluding hydrogens is 236 g/mol. The molecule has 0 heterocycles. The van der Waals surface area contributed by atoms with Crippen molar-refractivity contribution in [3.63, 3.8) is 0 Å². The van der Waals surface area contributed by atoms with Crippen LogP contribution in [0.5, 0.6) is 5.75 Å². The van der Waals surface area contributed by atoms with Crippen LogP contribution in [-0.2, 0) is 0 Å². The fraction of sp³-hybridized carbons (Fsp3) is 0.273. The monoisotopic (exact) mass is 249 g/mol. The second-order valence-corrected chi connectivity index (χ2v) is 3.57. The van der Waals surface area contributed by atoms with Crippen LogP contribution in [0.4, 0.5) is 8.78 Å². The predicted molar refractivity (Wildman–Crippen MR) is 61.6 cm³/mol. The number of aromatic hydroxyl groups is 1. The molecular formula is C11H14ClF2NO. The van der Waals surface area contributed by atoms with E-state index >= 15 is 0 Å². The normalized spacial score (nSPS) is 11.8. The van der Waals surface area contributed by atoms with Crippen LogP contribution in [0.2, 0.25) is 0 Å². The van der Waals surface area contributed by atoms with Crippen molar-refractivity contribution in [3.05, 3.63) is 41.5 Å². The molecule has 1 atom stereocenters. The predicted octanol–water partition coefficient (Wildman–Crippen LogP) is 3.06. The maximum Gasteiger partial charge on any atom is 0.200 e. The minimum absolute atomic E-state index is 0. The van der Waals surface area contributed by atoms with Gasteiger partial charge in [0.2, 0.25) is 5.82 Å². The summed E-state index contributed by atoms with van der Waals surface area (Å²) in [7, 11) is 0. The molecule has 0 radical (unpaired) electrons. The second kappa shape index (κ2) is 5.82. The van der Waals surface area contributed by atoms with Crippen molar-refractivity contribution in [2.24, 2.45) is 5.73 Å². The van der Waals surface area contributed by atoms with Gasteiger partial charge >= 0.3 is 0 Å². The van der Waals surface area contributed by atoms with Crippen molar-refractivity contribution in [2.75, 3.05) is 0 Å². The Kier molecular flexibility index (Phi) is 5.41. The SMILES string of the molecule is C=C(C)C[C@@H](N)c1ccc(F)c(F)c1O.Cl. The molecule has 0 aliphatic heterocycles. The molecule has 1 aromatic carbocycles. The molecule has 0 unspecified atom stereocenters. The number of benzene rings is 1. The smallest absolute Gasteiger partial charge is 0.200 e. The molecule has 16 heavy (non-hydrogen) atoms. The topological polar surface area (TPSA) is 46.2 Å². The van der Waals surface area contributed by atoms with Gasteiger partial charge in [0.05, 0.1) is 0 Å². The lowest BCUT2D eigenvalue weighted by Crippen LogP contribution is -2.11. The van der Waals surface area contributed by atoms with Crippen molar-refractivity contribution < 1.29 is 13.9 Å². The van der Waals surface area contributed by atoms with Gasteiger partial charge in [-0.2, -0.15) is 4.39 Å². The molecule has 90 valence electrons. The standard InChI is InChI=1S/C11H13F2NO.ClH/c1-6(2)5-9(14)7-3-4-8(12)10(13)11(7)15;/h3-4,9,15H,1,5,14H2,2H3;1H/t9-;/m1./s1. The average Bonchev–Trinajstić information content (AvgIpc) is 2.13. The van der Waals surface area contributed by atoms with Gasteiger partial charge in [-0.05, 0) is 19.4 Å². The summed E-state index contributed by atoms with van der Waals surface area (Å²) in [5.74, 6) is -3.06. The Morgan fingerprint density at radius 2 is 2.06 bits per heavy atom. The van der Waals surface area contributed by atoms with E-state index in [2.05, 4.69) is 6.58 Å². The highest BCUT2D eigenvalue weighted by Gasteiger charge is 2.17. The molecule has 5 heteroatoms. The van der Waals surface area contributed by atoms with Crippen molar-refractivity contribution >= 4 is 12.4 Å². The summed E-state index contributed by atoms with van der Waals surface area (Å²) in [5.41, 5.74) is 6.71. The third-order valence-electron chi connectivity index (χ3n) is 2.07. The summed E-state index contributed by atoms with van der Waals surface area (Å²) >= 11 is 0. The molecule has 3 N–H and O–H groups in total. The lowest BCUT2D eigenvalue weighted by Gasteiger charge is -2.13. The molecule has 0 spiro atoms. The fourth-order valence-corrected chi connectivity index (χ4v) is 1.34. The highest BCUT2D eigenvalue weighted by Crippen LogP contribution is 2.30. The van der Waals surface area contributed by atoms with Gasteiger partial charge in [-0.15, -0.1) is 19.0 Å². The summed E-state index contributed by atoms with van der Waals surface area (Å²) in [5, 5.41) is 9.34. The van der Waals surface area contributed by atoms with Crippen LogP contribution in [-0.4, -0.2) is 5.11 Å². The van der Waals surface area contributed by atoms with E-state index in [1.54, 1.807) is 6.92 Å². The third-order valence-corrected chi connectivity index (χ3v) is 2.07. The summed E-state index contributed by atoms with van der Waals surface area (Å²) < 4.78 is 25.7. The van der Waals surface area contributed by atoms with Crippen molar-refractivity contribution in [2.45, 2.75) is 19.4 Å². The molecule has 2 nitrogen and oxygen atoms in total. The number of hydrogen-bond acceptors (Lipinski definition) is 2. The van der Waals surface area contributed by atoms with E-state index in [0.29, 0.717) is 6.42 Å². The highest BCUT2D eigenvalue weighted by atomic mass is 35.5. The first-order chi connectivity index (χ1) is 6.93. The van der Waals surface area contributed by atoms with Crippen molar-refractivity contribution in [3.8, 4) is 5.75 Å². The van der Waals surface area contributed by atoms with Gasteiger partial charge in [-0.1, -0.05) is 11.6 Å². The number of rotatable bonds is 3. The summed E-state index contributed by atoms with van der Waals surface area (Å²) in [6, 6.07) is 1.65. The molecule has 0 aliphatic carbocycles. The Labute approximate surface area is 99.2 Å². The van der Waals surface area contributed by atoms with Gasteiger partial charge in [0, 0.05) is 11.6 Å². The summed E-state index contributed by atoms with van der Waals surface area (Å²) in [4.78, 5) is 0. The number of nitrogens with two attached hydrogens (primary N) is 1. The molecule has 0 fully saturated rings. The van der Waals surface area contributed by atoms with E-state index in [-0.39, 0.29) is 18.0 Å². The largest absolute Gasteiger partial charge is 0.505 e. The van der Waals surface area contributed by atoms with E-state index in [1.165, 1.54) is 6.07 Å². The minimum atomic E-state index is -1.26. The van der Waals surface area contributed by atoms with Gasteiger partial charge < -0.3 is 10.8 Å². The van der Waals surface area contributed by atoms with E-state index in [4.69, 9.17) is 5.73 Å². The van der Waals surface area contributed by atoms with Gasteiger partial charge in [0.25, 0.3) is 0 Å². The van der Waals surface area contributed by atoms with E-state index in [1.807, 2.05) is 0 Å². The fourth-order valence-electron chi connectivity index (χ4n) is 1.34. The maximum atomic E-state index is 13.0. The first-order valence-electron chi connectivity index (χ1n) is 4.50. The number of halogens is 3. The van der Waals surface area contributed by atoms with Crippen LogP contribution in [0.15, 0.2) is 24.3 Å². The Morgan fingerprint density at radius 3 is 2.56 bits per heavy atom. The first kappa shape index (κ1) is 14.9. The van der Waals surface area contributed by atoms with E-state index in [9.17, 15) is 13.9 Å². The van der Waals surface area contributed by atoms with Gasteiger partial charge in [-0.25, -0.2) is 4.39 Å². The molecule has 0 bridgehead atoms. The average molecular weight is 250 g/mol. The lowest BCUT2D eigenvalue weighted by atomic mass is 10.00. The summed E-state index contributed by atoms with van der Waals surface area (Å²) in [6.45, 7) is 5.44. The minimum Gasteiger partial charge on any atom is -0.505 e. The van der Waals surface area contributed by atoms with Crippen LogP contribution in [0.1, 0.15) is 24.9 Å². The third kappa shape index (κ3) is 3.18. The molecule has 1 rings (SSSR count). The highest BCUT2D eigenvalue weighted by molar-refractivity contribution is 5.85. The zero-order valence-corrected chi connectivity index (χ0v) is 9.65. The molecule has 0 aromatic heterocycles. The number of phenols is 1. The number of phenolic OH excluding ortho intramolecular Hbond substituents is 1.